The Labute approximate surface area is 187 Å². The summed E-state index contributed by atoms with van der Waals surface area (Å²) in [5.41, 5.74) is 2.76. The van der Waals surface area contributed by atoms with Crippen molar-refractivity contribution in [2.75, 3.05) is 20.2 Å². The third-order valence-electron chi connectivity index (χ3n) is 7.05. The summed E-state index contributed by atoms with van der Waals surface area (Å²) in [5, 5.41) is 0. The zero-order valence-electron chi connectivity index (χ0n) is 18.7. The lowest BCUT2D eigenvalue weighted by molar-refractivity contribution is -0.139. The van der Waals surface area contributed by atoms with Gasteiger partial charge in [-0.2, -0.15) is 0 Å². The van der Waals surface area contributed by atoms with E-state index in [4.69, 9.17) is 4.74 Å². The number of hydrogen-bond donors (Lipinski definition) is 0. The number of Topliss-reactive ketones (excluding diaryl/α,β-unsaturated/α-hetero) is 2. The predicted octanol–water partition coefficient (Wildman–Crippen LogP) is 4.45. The molecular formula is C26H28FNO4. The number of nitrogens with zero attached hydrogens (tertiary/aromatic N) is 1. The van der Waals surface area contributed by atoms with Crippen LogP contribution in [-0.2, 0) is 14.4 Å². The molecule has 6 heteroatoms. The van der Waals surface area contributed by atoms with E-state index in [1.54, 1.807) is 24.0 Å². The Bertz CT molecular complexity index is 1050. The van der Waals surface area contributed by atoms with E-state index >= 15 is 0 Å². The highest BCUT2D eigenvalue weighted by molar-refractivity contribution is 6.11. The topological polar surface area (TPSA) is 63.7 Å². The summed E-state index contributed by atoms with van der Waals surface area (Å²) >= 11 is 0. The number of benzene rings is 2. The van der Waals surface area contributed by atoms with Crippen LogP contribution < -0.4 is 4.74 Å². The first-order chi connectivity index (χ1) is 15.2. The molecule has 0 aromatic heterocycles. The van der Waals surface area contributed by atoms with Gasteiger partial charge in [0.2, 0.25) is 5.91 Å². The third kappa shape index (κ3) is 4.06. The van der Waals surface area contributed by atoms with Gasteiger partial charge in [0.05, 0.1) is 7.11 Å². The molecule has 1 spiro atoms. The van der Waals surface area contributed by atoms with Crippen LogP contribution in [0.3, 0.4) is 0 Å². The summed E-state index contributed by atoms with van der Waals surface area (Å²) in [5.74, 6) is -0.757. The van der Waals surface area contributed by atoms with Crippen LogP contribution in [0.15, 0.2) is 36.4 Å². The van der Waals surface area contributed by atoms with Gasteiger partial charge in [0.1, 0.15) is 29.1 Å². The molecule has 1 heterocycles. The molecule has 0 atom stereocenters. The van der Waals surface area contributed by atoms with Crippen molar-refractivity contribution < 1.29 is 23.5 Å². The standard InChI is InChI=1S/C26H28FNO4/c1-16-12-19(18-4-6-20(27)7-5-18)13-23(32-3)24(16)25-21(30)14-26(15-22(25)31)8-10-28(11-9-26)17(2)29/h4-7,12-13,25H,8-11,14-15H2,1-3H3. The van der Waals surface area contributed by atoms with Gasteiger partial charge in [0, 0.05) is 38.4 Å². The maximum absolute atomic E-state index is 13.3. The predicted molar refractivity (Wildman–Crippen MR) is 119 cm³/mol. The minimum absolute atomic E-state index is 0.0350. The average Bonchev–Trinajstić information content (AvgIpc) is 2.75. The highest BCUT2D eigenvalue weighted by atomic mass is 19.1. The summed E-state index contributed by atoms with van der Waals surface area (Å²) in [7, 11) is 1.53. The Hall–Kier alpha value is -3.02. The number of rotatable bonds is 3. The van der Waals surface area contributed by atoms with Crippen LogP contribution in [0.4, 0.5) is 4.39 Å². The van der Waals surface area contributed by atoms with Crippen molar-refractivity contribution >= 4 is 17.5 Å². The molecule has 0 N–H and O–H groups in total. The number of halogens is 1. The smallest absolute Gasteiger partial charge is 0.219 e. The molecule has 2 fully saturated rings. The van der Waals surface area contributed by atoms with Crippen LogP contribution in [0.5, 0.6) is 5.75 Å². The van der Waals surface area contributed by atoms with Crippen LogP contribution >= 0.6 is 0 Å². The molecule has 2 aliphatic rings. The molecule has 1 saturated heterocycles. The number of piperidine rings is 1. The summed E-state index contributed by atoms with van der Waals surface area (Å²) in [6.07, 6.45) is 2.04. The number of ether oxygens (including phenoxy) is 1. The summed E-state index contributed by atoms with van der Waals surface area (Å²) in [6.45, 7) is 4.61. The van der Waals surface area contributed by atoms with Gasteiger partial charge in [-0.05, 0) is 60.1 Å². The molecule has 2 aromatic carbocycles. The Morgan fingerprint density at radius 1 is 1.03 bits per heavy atom. The van der Waals surface area contributed by atoms with Gasteiger partial charge in [-0.3, -0.25) is 14.4 Å². The van der Waals surface area contributed by atoms with Crippen molar-refractivity contribution in [1.29, 1.82) is 0 Å². The van der Waals surface area contributed by atoms with Gasteiger partial charge in [-0.25, -0.2) is 4.39 Å². The fraction of sp³-hybridized carbons (Fsp3) is 0.423. The first-order valence-corrected chi connectivity index (χ1v) is 11.0. The van der Waals surface area contributed by atoms with Crippen molar-refractivity contribution in [2.45, 2.75) is 45.4 Å². The number of likely N-dealkylation sites (tertiary alicyclic amines) is 1. The number of hydrogen-bond acceptors (Lipinski definition) is 4. The van der Waals surface area contributed by atoms with Crippen molar-refractivity contribution in [3.05, 3.63) is 53.3 Å². The minimum atomic E-state index is -0.830. The number of methoxy groups -OCH3 is 1. The molecule has 5 nitrogen and oxygen atoms in total. The van der Waals surface area contributed by atoms with E-state index in [1.165, 1.54) is 19.2 Å². The van der Waals surface area contributed by atoms with Crippen LogP contribution in [-0.4, -0.2) is 42.6 Å². The van der Waals surface area contributed by atoms with Crippen molar-refractivity contribution in [2.24, 2.45) is 5.41 Å². The van der Waals surface area contributed by atoms with Gasteiger partial charge in [-0.1, -0.05) is 18.2 Å². The van der Waals surface area contributed by atoms with Gasteiger partial charge in [0.15, 0.2) is 0 Å². The highest BCUT2D eigenvalue weighted by Gasteiger charge is 2.48. The second-order valence-electron chi connectivity index (χ2n) is 9.14. The van der Waals surface area contributed by atoms with E-state index in [1.807, 2.05) is 19.1 Å². The normalized spacial score (nSPS) is 18.8. The number of aryl methyl sites for hydroxylation is 1. The van der Waals surface area contributed by atoms with E-state index < -0.39 is 5.92 Å². The summed E-state index contributed by atoms with van der Waals surface area (Å²) < 4.78 is 18.9. The molecular weight excluding hydrogens is 409 g/mol. The molecule has 0 unspecified atom stereocenters. The van der Waals surface area contributed by atoms with Crippen LogP contribution in [0.1, 0.15) is 49.7 Å². The highest BCUT2D eigenvalue weighted by Crippen LogP contribution is 2.48. The number of carbonyl (C=O) groups is 3. The third-order valence-corrected chi connectivity index (χ3v) is 7.05. The zero-order chi connectivity index (χ0) is 23.0. The average molecular weight is 438 g/mol. The molecule has 0 radical (unpaired) electrons. The van der Waals surface area contributed by atoms with Gasteiger partial charge in [-0.15, -0.1) is 0 Å². The lowest BCUT2D eigenvalue weighted by Crippen LogP contribution is -2.48. The van der Waals surface area contributed by atoms with Gasteiger partial charge in [0.25, 0.3) is 0 Å². The number of ketones is 2. The first-order valence-electron chi connectivity index (χ1n) is 11.0. The van der Waals surface area contributed by atoms with Crippen molar-refractivity contribution in [3.63, 3.8) is 0 Å². The molecule has 1 saturated carbocycles. The fourth-order valence-corrected chi connectivity index (χ4v) is 5.27. The maximum Gasteiger partial charge on any atom is 0.219 e. The van der Waals surface area contributed by atoms with E-state index in [0.29, 0.717) is 50.1 Å². The molecule has 168 valence electrons. The largest absolute Gasteiger partial charge is 0.496 e. The SMILES string of the molecule is COc1cc(-c2ccc(F)cc2)cc(C)c1C1C(=O)CC2(CCN(C(C)=O)CC2)CC1=O. The molecule has 1 aliphatic carbocycles. The fourth-order valence-electron chi connectivity index (χ4n) is 5.27. The van der Waals surface area contributed by atoms with Gasteiger partial charge >= 0.3 is 0 Å². The van der Waals surface area contributed by atoms with E-state index in [9.17, 15) is 18.8 Å². The summed E-state index contributed by atoms with van der Waals surface area (Å²) in [4.78, 5) is 40.1. The molecule has 1 aliphatic heterocycles. The Balaban J connectivity index is 1.62. The number of carbonyl (C=O) groups excluding carboxylic acids is 3. The Morgan fingerprint density at radius 2 is 1.62 bits per heavy atom. The molecule has 2 aromatic rings. The second-order valence-corrected chi connectivity index (χ2v) is 9.14. The quantitative estimate of drug-likeness (QED) is 0.666. The van der Waals surface area contributed by atoms with Crippen molar-refractivity contribution in [3.8, 4) is 16.9 Å². The minimum Gasteiger partial charge on any atom is -0.496 e. The monoisotopic (exact) mass is 437 g/mol. The maximum atomic E-state index is 13.3. The van der Waals surface area contributed by atoms with Gasteiger partial charge < -0.3 is 9.64 Å². The Morgan fingerprint density at radius 3 is 2.16 bits per heavy atom. The Kier molecular flexibility index (Phi) is 5.89. The molecule has 4 rings (SSSR count). The molecule has 1 amide bonds. The summed E-state index contributed by atoms with van der Waals surface area (Å²) in [6, 6.07) is 9.91. The van der Waals surface area contributed by atoms with E-state index in [0.717, 1.165) is 16.7 Å². The first kappa shape index (κ1) is 22.2. The second kappa shape index (κ2) is 8.49. The van der Waals surface area contributed by atoms with Crippen LogP contribution in [0, 0.1) is 18.2 Å². The van der Waals surface area contributed by atoms with E-state index in [2.05, 4.69) is 0 Å². The van der Waals surface area contributed by atoms with E-state index in [-0.39, 0.29) is 28.7 Å². The lowest BCUT2D eigenvalue weighted by Gasteiger charge is -2.44. The molecule has 32 heavy (non-hydrogen) atoms. The van der Waals surface area contributed by atoms with Crippen LogP contribution in [0.25, 0.3) is 11.1 Å². The number of amides is 1. The zero-order valence-corrected chi connectivity index (χ0v) is 18.7. The molecule has 0 bridgehead atoms. The van der Waals surface area contributed by atoms with Crippen molar-refractivity contribution in [1.82, 2.24) is 4.90 Å². The lowest BCUT2D eigenvalue weighted by atomic mass is 9.63. The van der Waals surface area contributed by atoms with Crippen LogP contribution in [0.2, 0.25) is 0 Å².